The Balaban J connectivity index is 1.81. The number of carbonyl (C=O) groups excluding carboxylic acids is 1. The normalized spacial score (nSPS) is 10.9. The van der Waals surface area contributed by atoms with E-state index in [9.17, 15) is 13.2 Å². The molecule has 9 heteroatoms. The largest absolute Gasteiger partial charge is 0.495 e. The number of amides is 1. The summed E-state index contributed by atoms with van der Waals surface area (Å²) in [6.45, 7) is 5.27. The van der Waals surface area contributed by atoms with Crippen molar-refractivity contribution in [1.82, 2.24) is 0 Å². The third-order valence-electron chi connectivity index (χ3n) is 5.17. The molecule has 0 heterocycles. The fourth-order valence-corrected chi connectivity index (χ4v) is 4.47. The first-order valence-electron chi connectivity index (χ1n) is 10.8. The van der Waals surface area contributed by atoms with Crippen LogP contribution in [0.4, 0.5) is 17.1 Å². The Morgan fingerprint density at radius 3 is 2.18 bits per heavy atom. The van der Waals surface area contributed by atoms with Crippen molar-refractivity contribution < 1.29 is 22.7 Å². The van der Waals surface area contributed by atoms with E-state index in [-0.39, 0.29) is 16.6 Å². The molecule has 0 fully saturated rings. The maximum atomic E-state index is 13.1. The van der Waals surface area contributed by atoms with Crippen LogP contribution in [0.15, 0.2) is 71.6 Å². The van der Waals surface area contributed by atoms with Crippen molar-refractivity contribution >= 4 is 33.0 Å². The molecule has 0 aliphatic heterocycles. The Labute approximate surface area is 200 Å². The average Bonchev–Trinajstić information content (AvgIpc) is 2.84. The number of rotatable bonds is 10. The summed E-state index contributed by atoms with van der Waals surface area (Å²) in [5.74, 6) is 0.448. The molecule has 0 unspecified atom stereocenters. The summed E-state index contributed by atoms with van der Waals surface area (Å²) in [6, 6.07) is 18.2. The van der Waals surface area contributed by atoms with Gasteiger partial charge in [-0.1, -0.05) is 0 Å². The molecule has 2 N–H and O–H groups in total. The van der Waals surface area contributed by atoms with Crippen molar-refractivity contribution in [1.29, 1.82) is 0 Å². The first-order chi connectivity index (χ1) is 16.3. The van der Waals surface area contributed by atoms with Crippen LogP contribution in [0.3, 0.4) is 0 Å². The van der Waals surface area contributed by atoms with Crippen molar-refractivity contribution in [2.75, 3.05) is 42.2 Å². The Morgan fingerprint density at radius 2 is 1.59 bits per heavy atom. The standard InChI is InChI=1S/C25H29N3O5S/c1-5-28(3)21-12-7-18(8-13-21)25(29)26-20-11-16-23(32-4)24(17-20)34(30,31)27-19-9-14-22(15-10-19)33-6-2/h7-17,27H,5-6H2,1-4H3,(H,26,29). The van der Waals surface area contributed by atoms with Gasteiger partial charge in [0.05, 0.1) is 13.7 Å². The molecule has 0 saturated heterocycles. The molecule has 34 heavy (non-hydrogen) atoms. The molecule has 0 atom stereocenters. The number of ether oxygens (including phenoxy) is 2. The van der Waals surface area contributed by atoms with Crippen LogP contribution in [-0.2, 0) is 10.0 Å². The summed E-state index contributed by atoms with van der Waals surface area (Å²) < 4.78 is 39.4. The van der Waals surface area contributed by atoms with Gasteiger partial charge in [-0.3, -0.25) is 9.52 Å². The van der Waals surface area contributed by atoms with Crippen LogP contribution in [0.5, 0.6) is 11.5 Å². The number of benzene rings is 3. The van der Waals surface area contributed by atoms with Gasteiger partial charge in [-0.15, -0.1) is 0 Å². The summed E-state index contributed by atoms with van der Waals surface area (Å²) in [5, 5.41) is 2.75. The number of anilines is 3. The molecule has 0 radical (unpaired) electrons. The van der Waals surface area contributed by atoms with E-state index in [1.54, 1.807) is 42.5 Å². The molecule has 0 bridgehead atoms. The molecular formula is C25H29N3O5S. The predicted octanol–water partition coefficient (Wildman–Crippen LogP) is 4.60. The van der Waals surface area contributed by atoms with Crippen LogP contribution in [0.1, 0.15) is 24.2 Å². The molecule has 0 aliphatic rings. The third-order valence-corrected chi connectivity index (χ3v) is 6.58. The summed E-state index contributed by atoms with van der Waals surface area (Å²) >= 11 is 0. The summed E-state index contributed by atoms with van der Waals surface area (Å²) in [6.07, 6.45) is 0. The van der Waals surface area contributed by atoms with E-state index >= 15 is 0 Å². The van der Waals surface area contributed by atoms with Gasteiger partial charge in [-0.05, 0) is 80.6 Å². The third kappa shape index (κ3) is 5.99. The van der Waals surface area contributed by atoms with E-state index in [2.05, 4.69) is 14.9 Å². The maximum absolute atomic E-state index is 13.1. The van der Waals surface area contributed by atoms with E-state index in [1.165, 1.54) is 19.2 Å². The highest BCUT2D eigenvalue weighted by atomic mass is 32.2. The van der Waals surface area contributed by atoms with E-state index in [1.807, 2.05) is 33.0 Å². The maximum Gasteiger partial charge on any atom is 0.265 e. The predicted molar refractivity (Wildman–Crippen MR) is 135 cm³/mol. The van der Waals surface area contributed by atoms with Crippen LogP contribution in [0.2, 0.25) is 0 Å². The zero-order valence-electron chi connectivity index (χ0n) is 19.7. The lowest BCUT2D eigenvalue weighted by Crippen LogP contribution is -2.17. The zero-order chi connectivity index (χ0) is 24.7. The highest BCUT2D eigenvalue weighted by molar-refractivity contribution is 7.92. The summed E-state index contributed by atoms with van der Waals surface area (Å²) in [7, 11) is -0.640. The van der Waals surface area contributed by atoms with Crippen LogP contribution >= 0.6 is 0 Å². The number of hydrogen-bond acceptors (Lipinski definition) is 6. The lowest BCUT2D eigenvalue weighted by Gasteiger charge is -2.17. The number of carbonyl (C=O) groups is 1. The van der Waals surface area contributed by atoms with Crippen molar-refractivity contribution in [3.05, 3.63) is 72.3 Å². The quantitative estimate of drug-likeness (QED) is 0.437. The number of nitrogens with zero attached hydrogens (tertiary/aromatic N) is 1. The molecule has 3 aromatic carbocycles. The van der Waals surface area contributed by atoms with Gasteiger partial charge in [0.25, 0.3) is 15.9 Å². The molecule has 8 nitrogen and oxygen atoms in total. The van der Waals surface area contributed by atoms with Gasteiger partial charge in [0, 0.05) is 36.2 Å². The van der Waals surface area contributed by atoms with Gasteiger partial charge in [-0.2, -0.15) is 0 Å². The highest BCUT2D eigenvalue weighted by Crippen LogP contribution is 2.29. The van der Waals surface area contributed by atoms with E-state index in [4.69, 9.17) is 9.47 Å². The first kappa shape index (κ1) is 24.9. The lowest BCUT2D eigenvalue weighted by molar-refractivity contribution is 0.102. The minimum atomic E-state index is -3.99. The SMILES string of the molecule is CCOc1ccc(NS(=O)(=O)c2cc(NC(=O)c3ccc(N(C)CC)cc3)ccc2OC)cc1. The van der Waals surface area contributed by atoms with Crippen LogP contribution in [-0.4, -0.2) is 41.6 Å². The summed E-state index contributed by atoms with van der Waals surface area (Å²) in [5.41, 5.74) is 2.16. The molecule has 0 spiro atoms. The van der Waals surface area contributed by atoms with Crippen molar-refractivity contribution in [2.24, 2.45) is 0 Å². The summed E-state index contributed by atoms with van der Waals surface area (Å²) in [4.78, 5) is 14.7. The molecule has 3 rings (SSSR count). The van der Waals surface area contributed by atoms with Crippen molar-refractivity contribution in [3.8, 4) is 11.5 Å². The Morgan fingerprint density at radius 1 is 0.941 bits per heavy atom. The van der Waals surface area contributed by atoms with E-state index < -0.39 is 10.0 Å². The van der Waals surface area contributed by atoms with Gasteiger partial charge in [-0.25, -0.2) is 8.42 Å². The molecule has 180 valence electrons. The van der Waals surface area contributed by atoms with Crippen molar-refractivity contribution in [2.45, 2.75) is 18.7 Å². The van der Waals surface area contributed by atoms with E-state index in [0.717, 1.165) is 12.2 Å². The number of nitrogens with one attached hydrogen (secondary N) is 2. The first-order valence-corrected chi connectivity index (χ1v) is 12.3. The van der Waals surface area contributed by atoms with Gasteiger partial charge in [0.2, 0.25) is 0 Å². The highest BCUT2D eigenvalue weighted by Gasteiger charge is 2.21. The fourth-order valence-electron chi connectivity index (χ4n) is 3.21. The molecule has 0 saturated carbocycles. The second kappa shape index (κ2) is 10.9. The minimum Gasteiger partial charge on any atom is -0.495 e. The minimum absolute atomic E-state index is 0.0957. The second-order valence-corrected chi connectivity index (χ2v) is 9.09. The van der Waals surface area contributed by atoms with Gasteiger partial charge in [0.1, 0.15) is 16.4 Å². The molecule has 0 aliphatic carbocycles. The number of hydrogen-bond donors (Lipinski definition) is 2. The van der Waals surface area contributed by atoms with Crippen molar-refractivity contribution in [3.63, 3.8) is 0 Å². The molecule has 3 aromatic rings. The number of sulfonamides is 1. The smallest absolute Gasteiger partial charge is 0.265 e. The zero-order valence-corrected chi connectivity index (χ0v) is 20.5. The fraction of sp³-hybridized carbons (Fsp3) is 0.240. The monoisotopic (exact) mass is 483 g/mol. The Bertz CT molecular complexity index is 1230. The van der Waals surface area contributed by atoms with Gasteiger partial charge >= 0.3 is 0 Å². The number of methoxy groups -OCH3 is 1. The topological polar surface area (TPSA) is 97.0 Å². The average molecular weight is 484 g/mol. The van der Waals surface area contributed by atoms with E-state index in [0.29, 0.717) is 29.3 Å². The van der Waals surface area contributed by atoms with Gasteiger partial charge in [0.15, 0.2) is 0 Å². The molecule has 0 aromatic heterocycles. The Kier molecular flexibility index (Phi) is 8.01. The van der Waals surface area contributed by atoms with Crippen LogP contribution in [0, 0.1) is 0 Å². The Hall–Kier alpha value is -3.72. The molecule has 1 amide bonds. The molecular weight excluding hydrogens is 454 g/mol. The van der Waals surface area contributed by atoms with Crippen LogP contribution < -0.4 is 24.4 Å². The second-order valence-electron chi connectivity index (χ2n) is 7.44. The lowest BCUT2D eigenvalue weighted by atomic mass is 10.1. The van der Waals surface area contributed by atoms with Crippen LogP contribution in [0.25, 0.3) is 0 Å². The van der Waals surface area contributed by atoms with Gasteiger partial charge < -0.3 is 19.7 Å².